The van der Waals surface area contributed by atoms with Gasteiger partial charge in [0.15, 0.2) is 0 Å². The van der Waals surface area contributed by atoms with Crippen LogP contribution in [0.4, 0.5) is 0 Å². The van der Waals surface area contributed by atoms with Gasteiger partial charge in [-0.05, 0) is 30.4 Å². The number of nitrogens with one attached hydrogen (secondary N) is 1. The molecular formula is C17H20N2O3. The van der Waals surface area contributed by atoms with Crippen LogP contribution < -0.4 is 5.32 Å². The number of carboxylic acid groups (broad SMARTS) is 1. The molecule has 2 aromatic rings. The highest BCUT2D eigenvalue weighted by Gasteiger charge is 2.40. The fourth-order valence-corrected chi connectivity index (χ4v) is 3.29. The first kappa shape index (κ1) is 14.6. The zero-order chi connectivity index (χ0) is 15.6. The van der Waals surface area contributed by atoms with Gasteiger partial charge < -0.3 is 15.0 Å². The summed E-state index contributed by atoms with van der Waals surface area (Å²) in [6.45, 7) is 0.141. The molecule has 2 N–H and O–H groups in total. The van der Waals surface area contributed by atoms with E-state index in [1.54, 1.807) is 0 Å². The maximum Gasteiger partial charge on any atom is 0.329 e. The lowest BCUT2D eigenvalue weighted by atomic mass is 9.81. The van der Waals surface area contributed by atoms with Gasteiger partial charge in [-0.25, -0.2) is 4.79 Å². The molecule has 0 spiro atoms. The van der Waals surface area contributed by atoms with Crippen LogP contribution in [0, 0.1) is 0 Å². The van der Waals surface area contributed by atoms with Gasteiger partial charge in [0, 0.05) is 11.7 Å². The summed E-state index contributed by atoms with van der Waals surface area (Å²) in [7, 11) is 0. The molecule has 1 heterocycles. The second kappa shape index (κ2) is 5.83. The fraction of sp³-hybridized carbons (Fsp3) is 0.412. The number of carbonyl (C=O) groups excluding carboxylic acids is 1. The number of carbonyl (C=O) groups is 2. The Bertz CT molecular complexity index is 699. The van der Waals surface area contributed by atoms with Crippen molar-refractivity contribution in [3.8, 4) is 0 Å². The fourth-order valence-electron chi connectivity index (χ4n) is 3.29. The third-order valence-electron chi connectivity index (χ3n) is 4.49. The van der Waals surface area contributed by atoms with E-state index in [4.69, 9.17) is 0 Å². The topological polar surface area (TPSA) is 71.3 Å². The normalized spacial score (nSPS) is 17.3. The zero-order valence-corrected chi connectivity index (χ0v) is 12.4. The largest absolute Gasteiger partial charge is 0.480 e. The molecule has 1 fully saturated rings. The molecule has 1 aromatic heterocycles. The lowest BCUT2D eigenvalue weighted by Gasteiger charge is -2.34. The van der Waals surface area contributed by atoms with Gasteiger partial charge >= 0.3 is 5.97 Å². The Balaban J connectivity index is 1.75. The Kier molecular flexibility index (Phi) is 3.88. The van der Waals surface area contributed by atoms with E-state index in [2.05, 4.69) is 5.32 Å². The van der Waals surface area contributed by atoms with Crippen molar-refractivity contribution >= 4 is 22.8 Å². The predicted octanol–water partition coefficient (Wildman–Crippen LogP) is 2.55. The molecule has 1 aliphatic rings. The minimum Gasteiger partial charge on any atom is -0.480 e. The van der Waals surface area contributed by atoms with Gasteiger partial charge in [-0.1, -0.05) is 37.5 Å². The van der Waals surface area contributed by atoms with Gasteiger partial charge in [-0.3, -0.25) is 4.79 Å². The smallest absolute Gasteiger partial charge is 0.329 e. The van der Waals surface area contributed by atoms with Gasteiger partial charge in [0.1, 0.15) is 12.1 Å². The molecule has 3 rings (SSSR count). The highest BCUT2D eigenvalue weighted by molar-refractivity contribution is 5.88. The zero-order valence-electron chi connectivity index (χ0n) is 12.4. The molecule has 0 unspecified atom stereocenters. The first-order valence-electron chi connectivity index (χ1n) is 7.69. The van der Waals surface area contributed by atoms with Gasteiger partial charge in [0.05, 0.1) is 0 Å². The number of para-hydroxylation sites is 1. The molecule has 1 amide bonds. The molecule has 1 saturated carbocycles. The highest BCUT2D eigenvalue weighted by Crippen LogP contribution is 2.28. The molecule has 0 saturated heterocycles. The predicted molar refractivity (Wildman–Crippen MR) is 83.5 cm³/mol. The maximum atomic E-state index is 12.3. The van der Waals surface area contributed by atoms with Crippen LogP contribution in [0.1, 0.15) is 32.1 Å². The minimum absolute atomic E-state index is 0.141. The molecule has 22 heavy (non-hydrogen) atoms. The number of fused-ring (bicyclic) bond motifs is 1. The molecule has 0 bridgehead atoms. The molecular weight excluding hydrogens is 280 g/mol. The Morgan fingerprint density at radius 1 is 1.14 bits per heavy atom. The lowest BCUT2D eigenvalue weighted by molar-refractivity contribution is -0.149. The Hall–Kier alpha value is -2.30. The van der Waals surface area contributed by atoms with Crippen LogP contribution in [-0.2, 0) is 16.1 Å². The van der Waals surface area contributed by atoms with Crippen molar-refractivity contribution in [2.24, 2.45) is 0 Å². The van der Waals surface area contributed by atoms with E-state index in [0.717, 1.165) is 30.2 Å². The van der Waals surface area contributed by atoms with Gasteiger partial charge in [-0.15, -0.1) is 0 Å². The first-order valence-corrected chi connectivity index (χ1v) is 7.69. The van der Waals surface area contributed by atoms with E-state index in [0.29, 0.717) is 12.8 Å². The number of hydrogen-bond donors (Lipinski definition) is 2. The molecule has 0 aliphatic heterocycles. The van der Waals surface area contributed by atoms with Crippen molar-refractivity contribution in [2.45, 2.75) is 44.2 Å². The molecule has 1 aliphatic carbocycles. The van der Waals surface area contributed by atoms with Gasteiger partial charge in [0.2, 0.25) is 5.91 Å². The Morgan fingerprint density at radius 2 is 1.86 bits per heavy atom. The summed E-state index contributed by atoms with van der Waals surface area (Å²) in [5.74, 6) is -1.16. The number of rotatable bonds is 4. The van der Waals surface area contributed by atoms with Crippen LogP contribution in [0.3, 0.4) is 0 Å². The number of hydrogen-bond acceptors (Lipinski definition) is 2. The summed E-state index contributed by atoms with van der Waals surface area (Å²) in [6, 6.07) is 9.78. The minimum atomic E-state index is -1.09. The number of benzene rings is 1. The van der Waals surface area contributed by atoms with Crippen LogP contribution in [0.2, 0.25) is 0 Å². The van der Waals surface area contributed by atoms with Crippen LogP contribution in [-0.4, -0.2) is 27.1 Å². The molecule has 1 aromatic carbocycles. The molecule has 116 valence electrons. The summed E-state index contributed by atoms with van der Waals surface area (Å²) in [5.41, 5.74) is -0.108. The Morgan fingerprint density at radius 3 is 2.59 bits per heavy atom. The standard InChI is InChI=1S/C17H20N2O3/c20-15(18-17(16(21)22)9-4-1-5-10-17)12-19-11-8-13-6-2-3-7-14(13)19/h2-3,6-8,11H,1,4-5,9-10,12H2,(H,18,20)(H,21,22). The number of aromatic nitrogens is 1. The van der Waals surface area contributed by atoms with Crippen LogP contribution in [0.5, 0.6) is 0 Å². The van der Waals surface area contributed by atoms with Crippen LogP contribution in [0.25, 0.3) is 10.9 Å². The summed E-state index contributed by atoms with van der Waals surface area (Å²) >= 11 is 0. The quantitative estimate of drug-likeness (QED) is 0.911. The van der Waals surface area contributed by atoms with Gasteiger partial charge in [0.25, 0.3) is 0 Å². The van der Waals surface area contributed by atoms with Crippen molar-refractivity contribution in [1.82, 2.24) is 9.88 Å². The van der Waals surface area contributed by atoms with Crippen LogP contribution in [0.15, 0.2) is 36.5 Å². The second-order valence-corrected chi connectivity index (χ2v) is 6.00. The SMILES string of the molecule is O=C(Cn1ccc2ccccc21)NC1(C(=O)O)CCCCC1. The van der Waals surface area contributed by atoms with Gasteiger partial charge in [-0.2, -0.15) is 0 Å². The summed E-state index contributed by atoms with van der Waals surface area (Å²) < 4.78 is 1.85. The van der Waals surface area contributed by atoms with E-state index in [-0.39, 0.29) is 12.5 Å². The number of nitrogens with zero attached hydrogens (tertiary/aromatic N) is 1. The van der Waals surface area contributed by atoms with Crippen molar-refractivity contribution in [3.05, 3.63) is 36.5 Å². The molecule has 0 atom stereocenters. The van der Waals surface area contributed by atoms with E-state index in [9.17, 15) is 14.7 Å². The third kappa shape index (κ3) is 2.71. The average molecular weight is 300 g/mol. The Labute approximate surface area is 128 Å². The van der Waals surface area contributed by atoms with Crippen LogP contribution >= 0.6 is 0 Å². The summed E-state index contributed by atoms with van der Waals surface area (Å²) in [4.78, 5) is 23.9. The van der Waals surface area contributed by atoms with E-state index >= 15 is 0 Å². The van der Waals surface area contributed by atoms with E-state index < -0.39 is 11.5 Å². The third-order valence-corrected chi connectivity index (χ3v) is 4.49. The molecule has 5 nitrogen and oxygen atoms in total. The monoisotopic (exact) mass is 300 g/mol. The van der Waals surface area contributed by atoms with E-state index in [1.165, 1.54) is 0 Å². The number of amides is 1. The number of carboxylic acids is 1. The van der Waals surface area contributed by atoms with E-state index in [1.807, 2.05) is 41.1 Å². The highest BCUT2D eigenvalue weighted by atomic mass is 16.4. The molecule has 0 radical (unpaired) electrons. The first-order chi connectivity index (χ1) is 10.6. The van der Waals surface area contributed by atoms with Crippen molar-refractivity contribution < 1.29 is 14.7 Å². The summed E-state index contributed by atoms with van der Waals surface area (Å²) in [6.07, 6.45) is 5.62. The molecule has 5 heteroatoms. The van der Waals surface area contributed by atoms with Crippen molar-refractivity contribution in [1.29, 1.82) is 0 Å². The maximum absolute atomic E-state index is 12.3. The summed E-state index contributed by atoms with van der Waals surface area (Å²) in [5, 5.41) is 13.4. The average Bonchev–Trinajstić information content (AvgIpc) is 2.91. The van der Waals surface area contributed by atoms with Crippen molar-refractivity contribution in [3.63, 3.8) is 0 Å². The van der Waals surface area contributed by atoms with Crippen molar-refractivity contribution in [2.75, 3.05) is 0 Å². The number of aliphatic carboxylic acids is 1. The lowest BCUT2D eigenvalue weighted by Crippen LogP contribution is -2.56. The second-order valence-electron chi connectivity index (χ2n) is 6.00.